The van der Waals surface area contributed by atoms with Crippen LogP contribution < -0.4 is 10.2 Å². The van der Waals surface area contributed by atoms with Gasteiger partial charge in [-0.25, -0.2) is 0 Å². The minimum Gasteiger partial charge on any atom is -0.492 e. The van der Waals surface area contributed by atoms with Crippen molar-refractivity contribution in [3.63, 3.8) is 0 Å². The molecule has 0 radical (unpaired) electrons. The maximum absolute atomic E-state index is 12.6. The number of hydrogen-bond donors (Lipinski definition) is 0. The molecule has 4 rings (SSSR count). The van der Waals surface area contributed by atoms with Gasteiger partial charge in [-0.05, 0) is 47.2 Å². The van der Waals surface area contributed by atoms with E-state index in [2.05, 4.69) is 72.2 Å². The van der Waals surface area contributed by atoms with Gasteiger partial charge in [0.05, 0.1) is 13.2 Å². The fourth-order valence-corrected chi connectivity index (χ4v) is 5.25. The number of benzene rings is 2. The van der Waals surface area contributed by atoms with E-state index in [1.165, 1.54) is 16.7 Å². The van der Waals surface area contributed by atoms with Crippen LogP contribution in [0.3, 0.4) is 0 Å². The first-order chi connectivity index (χ1) is 17.0. The molecule has 1 heterocycles. The maximum Gasteiger partial charge on any atom is 0.220 e. The molecule has 1 saturated heterocycles. The number of piperazine rings is 1. The van der Waals surface area contributed by atoms with E-state index in [9.17, 15) is 4.79 Å². The summed E-state index contributed by atoms with van der Waals surface area (Å²) in [5.41, 5.74) is 4.75. The van der Waals surface area contributed by atoms with E-state index in [-0.39, 0.29) is 11.5 Å². The van der Waals surface area contributed by atoms with Crippen molar-refractivity contribution in [3.05, 3.63) is 110 Å². The smallest absolute Gasteiger partial charge is 0.220 e. The summed E-state index contributed by atoms with van der Waals surface area (Å²) in [7, 11) is 1.60. The quantitative estimate of drug-likeness (QED) is 0.400. The lowest BCUT2D eigenvalue weighted by Gasteiger charge is -2.40. The highest BCUT2D eigenvalue weighted by molar-refractivity contribution is 6.30. The van der Waals surface area contributed by atoms with Crippen molar-refractivity contribution in [2.45, 2.75) is 32.2 Å². The summed E-state index contributed by atoms with van der Waals surface area (Å²) in [5, 5.41) is 0.761. The molecule has 0 N–H and O–H groups in total. The van der Waals surface area contributed by atoms with Crippen LogP contribution in [0.1, 0.15) is 48.1 Å². The van der Waals surface area contributed by atoms with Crippen molar-refractivity contribution in [3.8, 4) is 5.75 Å². The number of rotatable bonds is 8. The zero-order chi connectivity index (χ0) is 24.8. The number of nitrogens with zero attached hydrogens (tertiary/aromatic N) is 2. The van der Waals surface area contributed by atoms with Gasteiger partial charge in [-0.15, -0.1) is 0 Å². The van der Waals surface area contributed by atoms with E-state index in [1.54, 1.807) is 13.2 Å². The van der Waals surface area contributed by atoms with Crippen LogP contribution in [0.15, 0.2) is 77.6 Å². The summed E-state index contributed by atoms with van der Waals surface area (Å²) in [6.45, 7) is 9.17. The predicted molar refractivity (Wildman–Crippen MR) is 145 cm³/mol. The molecule has 1 aliphatic rings. The monoisotopic (exact) mass is 490 g/mol. The fourth-order valence-electron chi connectivity index (χ4n) is 5.13. The SMILES string of the molecule is COc1c(CCN2CCN(C(c3ccccc3)c3ccc(Cl)cc3)CC2)c(C(C)C)cccc1=O. The van der Waals surface area contributed by atoms with Gasteiger partial charge in [0, 0.05) is 43.3 Å². The average Bonchev–Trinajstić information content (AvgIpc) is 3.03. The van der Waals surface area contributed by atoms with E-state index in [1.807, 2.05) is 18.2 Å². The Kier molecular flexibility index (Phi) is 8.61. The predicted octanol–water partition coefficient (Wildman–Crippen LogP) is 5.78. The second-order valence-corrected chi connectivity index (χ2v) is 9.94. The van der Waals surface area contributed by atoms with Gasteiger partial charge >= 0.3 is 0 Å². The molecule has 4 nitrogen and oxygen atoms in total. The second-order valence-electron chi connectivity index (χ2n) is 9.50. The number of halogens is 1. The van der Waals surface area contributed by atoms with Crippen molar-refractivity contribution in [1.82, 2.24) is 9.80 Å². The Labute approximate surface area is 214 Å². The Morgan fingerprint density at radius 3 is 2.14 bits per heavy atom. The first-order valence-electron chi connectivity index (χ1n) is 12.4. The summed E-state index contributed by atoms with van der Waals surface area (Å²) < 4.78 is 5.57. The molecule has 0 aliphatic carbocycles. The molecule has 0 amide bonds. The van der Waals surface area contributed by atoms with E-state index in [4.69, 9.17) is 16.3 Å². The van der Waals surface area contributed by atoms with Crippen molar-refractivity contribution in [2.75, 3.05) is 39.8 Å². The van der Waals surface area contributed by atoms with Gasteiger partial charge in [0.1, 0.15) is 0 Å². The Balaban J connectivity index is 1.48. The Hall–Kier alpha value is -2.66. The van der Waals surface area contributed by atoms with Gasteiger partial charge < -0.3 is 9.64 Å². The fraction of sp³-hybridized carbons (Fsp3) is 0.367. The minimum atomic E-state index is -0.0483. The average molecular weight is 491 g/mol. The molecule has 1 unspecified atom stereocenters. The first-order valence-corrected chi connectivity index (χ1v) is 12.8. The normalized spacial score (nSPS) is 15.8. The molecule has 3 aromatic rings. The minimum absolute atomic E-state index is 0.0483. The molecule has 5 heteroatoms. The van der Waals surface area contributed by atoms with Crippen LogP contribution in [-0.2, 0) is 6.42 Å². The Bertz CT molecular complexity index is 1160. The standard InChI is InChI=1S/C30H35ClN2O2/c1-22(2)26-10-7-11-28(34)30(35-3)27(26)16-17-32-18-20-33(21-19-32)29(23-8-5-4-6-9-23)24-12-14-25(31)15-13-24/h4-15,22,29H,16-21H2,1-3H3. The third kappa shape index (κ3) is 6.13. The molecule has 3 aromatic carbocycles. The third-order valence-electron chi connectivity index (χ3n) is 6.95. The summed E-state index contributed by atoms with van der Waals surface area (Å²) in [4.78, 5) is 17.6. The molecule has 184 valence electrons. The Morgan fingerprint density at radius 2 is 1.51 bits per heavy atom. The van der Waals surface area contributed by atoms with Gasteiger partial charge in [-0.2, -0.15) is 0 Å². The van der Waals surface area contributed by atoms with Crippen molar-refractivity contribution in [1.29, 1.82) is 0 Å². The van der Waals surface area contributed by atoms with Crippen LogP contribution in [0.25, 0.3) is 0 Å². The summed E-state index contributed by atoms with van der Waals surface area (Å²) in [6, 6.07) is 24.7. The molecular formula is C30H35ClN2O2. The van der Waals surface area contributed by atoms with E-state index >= 15 is 0 Å². The number of ether oxygens (including phenoxy) is 1. The molecule has 35 heavy (non-hydrogen) atoms. The van der Waals surface area contributed by atoms with Crippen LogP contribution in [0.5, 0.6) is 5.75 Å². The molecule has 0 spiro atoms. The molecule has 1 atom stereocenters. The largest absolute Gasteiger partial charge is 0.492 e. The van der Waals surface area contributed by atoms with Crippen LogP contribution in [-0.4, -0.2) is 49.6 Å². The Morgan fingerprint density at radius 1 is 0.857 bits per heavy atom. The van der Waals surface area contributed by atoms with Crippen molar-refractivity contribution >= 4 is 11.6 Å². The first kappa shape index (κ1) is 25.4. The number of methoxy groups -OCH3 is 1. The molecular weight excluding hydrogens is 456 g/mol. The van der Waals surface area contributed by atoms with Gasteiger partial charge in [-0.1, -0.05) is 80.0 Å². The molecule has 1 aliphatic heterocycles. The lowest BCUT2D eigenvalue weighted by Crippen LogP contribution is -2.48. The van der Waals surface area contributed by atoms with E-state index in [0.29, 0.717) is 11.7 Å². The van der Waals surface area contributed by atoms with Crippen LogP contribution in [0.2, 0.25) is 5.02 Å². The van der Waals surface area contributed by atoms with Gasteiger partial charge in [0.15, 0.2) is 5.75 Å². The van der Waals surface area contributed by atoms with Crippen LogP contribution in [0.4, 0.5) is 0 Å². The van der Waals surface area contributed by atoms with Gasteiger partial charge in [0.25, 0.3) is 0 Å². The van der Waals surface area contributed by atoms with Gasteiger partial charge in [0.2, 0.25) is 5.43 Å². The molecule has 1 fully saturated rings. The lowest BCUT2D eigenvalue weighted by molar-refractivity contribution is 0.110. The summed E-state index contributed by atoms with van der Waals surface area (Å²) >= 11 is 6.17. The van der Waals surface area contributed by atoms with Crippen LogP contribution in [0, 0.1) is 0 Å². The molecule has 0 aromatic heterocycles. The second kappa shape index (κ2) is 11.9. The maximum atomic E-state index is 12.6. The topological polar surface area (TPSA) is 32.8 Å². The summed E-state index contributed by atoms with van der Waals surface area (Å²) in [6.07, 6.45) is 0.805. The highest BCUT2D eigenvalue weighted by Crippen LogP contribution is 2.31. The highest BCUT2D eigenvalue weighted by atomic mass is 35.5. The highest BCUT2D eigenvalue weighted by Gasteiger charge is 2.26. The third-order valence-corrected chi connectivity index (χ3v) is 7.20. The zero-order valence-electron chi connectivity index (χ0n) is 20.9. The van der Waals surface area contributed by atoms with E-state index in [0.717, 1.165) is 49.7 Å². The lowest BCUT2D eigenvalue weighted by atomic mass is 9.96. The molecule has 0 saturated carbocycles. The van der Waals surface area contributed by atoms with Crippen molar-refractivity contribution < 1.29 is 4.74 Å². The van der Waals surface area contributed by atoms with Crippen molar-refractivity contribution in [2.24, 2.45) is 0 Å². The molecule has 0 bridgehead atoms. The zero-order valence-corrected chi connectivity index (χ0v) is 21.7. The van der Waals surface area contributed by atoms with Crippen LogP contribution >= 0.6 is 11.6 Å². The van der Waals surface area contributed by atoms with Gasteiger partial charge in [-0.3, -0.25) is 9.69 Å². The van der Waals surface area contributed by atoms with E-state index < -0.39 is 0 Å². The number of hydrogen-bond acceptors (Lipinski definition) is 4. The summed E-state index contributed by atoms with van der Waals surface area (Å²) in [5.74, 6) is 0.817.